The van der Waals surface area contributed by atoms with Crippen LogP contribution >= 0.6 is 0 Å². The topological polar surface area (TPSA) is 27.0 Å². The van der Waals surface area contributed by atoms with E-state index in [1.54, 1.807) is 0 Å². The summed E-state index contributed by atoms with van der Waals surface area (Å²) in [5.41, 5.74) is 0.743. The van der Waals surface area contributed by atoms with Gasteiger partial charge in [-0.1, -0.05) is 6.58 Å². The van der Waals surface area contributed by atoms with Crippen molar-refractivity contribution in [3.8, 4) is 6.07 Å². The Morgan fingerprint density at radius 3 is 3.00 bits per heavy atom. The van der Waals surface area contributed by atoms with Crippen LogP contribution in [0, 0.1) is 11.3 Å². The summed E-state index contributed by atoms with van der Waals surface area (Å²) in [4.78, 5) is 1.84. The Bertz CT molecular complexity index is 195. The summed E-state index contributed by atoms with van der Waals surface area (Å²) in [6, 6.07) is 2.00. The number of likely N-dealkylation sites (tertiary alicyclic amines) is 1. The first-order chi connectivity index (χ1) is 5.24. The van der Waals surface area contributed by atoms with Gasteiger partial charge >= 0.3 is 0 Å². The minimum absolute atomic E-state index is 0.312. The van der Waals surface area contributed by atoms with E-state index < -0.39 is 6.17 Å². The zero-order chi connectivity index (χ0) is 8.27. The maximum absolute atomic E-state index is 12.6. The number of allylic oxidation sites excluding steroid dienone is 1. The van der Waals surface area contributed by atoms with Crippen molar-refractivity contribution < 1.29 is 4.39 Å². The normalized spacial score (nSPS) is 23.3. The first kappa shape index (κ1) is 8.06. The molecule has 60 valence electrons. The van der Waals surface area contributed by atoms with Crippen molar-refractivity contribution in [3.05, 3.63) is 12.3 Å². The lowest BCUT2D eigenvalue weighted by atomic mass is 10.3. The van der Waals surface area contributed by atoms with Gasteiger partial charge in [0, 0.05) is 18.8 Å². The van der Waals surface area contributed by atoms with E-state index in [2.05, 4.69) is 6.58 Å². The molecule has 11 heavy (non-hydrogen) atoms. The van der Waals surface area contributed by atoms with Gasteiger partial charge in [-0.3, -0.25) is 0 Å². The molecule has 1 aliphatic heterocycles. The molecule has 1 atom stereocenters. The second-order valence-corrected chi connectivity index (χ2v) is 2.73. The fourth-order valence-corrected chi connectivity index (χ4v) is 1.21. The standard InChI is InChI=1S/C8H11FN2/c1-7(2-4-10)11-5-3-8(9)6-11/h8H,1-3,5-6H2. The van der Waals surface area contributed by atoms with Gasteiger partial charge in [-0.15, -0.1) is 0 Å². The third kappa shape index (κ3) is 1.94. The van der Waals surface area contributed by atoms with Gasteiger partial charge in [-0.05, 0) is 6.42 Å². The average Bonchev–Trinajstić information content (AvgIpc) is 2.36. The summed E-state index contributed by atoms with van der Waals surface area (Å²) in [5, 5.41) is 8.33. The van der Waals surface area contributed by atoms with Crippen LogP contribution in [0.25, 0.3) is 0 Å². The molecule has 1 fully saturated rings. The monoisotopic (exact) mass is 154 g/mol. The van der Waals surface area contributed by atoms with Crippen LogP contribution in [0.2, 0.25) is 0 Å². The molecule has 0 saturated carbocycles. The first-order valence-corrected chi connectivity index (χ1v) is 3.68. The van der Waals surface area contributed by atoms with Gasteiger partial charge < -0.3 is 4.90 Å². The number of nitrogens with zero attached hydrogens (tertiary/aromatic N) is 2. The number of alkyl halides is 1. The van der Waals surface area contributed by atoms with Crippen molar-refractivity contribution in [2.45, 2.75) is 19.0 Å². The maximum Gasteiger partial charge on any atom is 0.119 e. The Hall–Kier alpha value is -1.04. The largest absolute Gasteiger partial charge is 0.371 e. The minimum atomic E-state index is -0.731. The Labute approximate surface area is 65.9 Å². The van der Waals surface area contributed by atoms with Crippen LogP contribution in [0.5, 0.6) is 0 Å². The summed E-state index contributed by atoms with van der Waals surface area (Å²) < 4.78 is 12.6. The Morgan fingerprint density at radius 1 is 1.82 bits per heavy atom. The molecule has 3 heteroatoms. The molecule has 0 N–H and O–H groups in total. The first-order valence-electron chi connectivity index (χ1n) is 3.68. The number of hydrogen-bond acceptors (Lipinski definition) is 2. The van der Waals surface area contributed by atoms with Crippen molar-refractivity contribution in [1.82, 2.24) is 4.90 Å². The summed E-state index contributed by atoms with van der Waals surface area (Å²) >= 11 is 0. The SMILES string of the molecule is C=C(CC#N)N1CCC(F)C1. The van der Waals surface area contributed by atoms with Crippen molar-refractivity contribution in [1.29, 1.82) is 5.26 Å². The fraction of sp³-hybridized carbons (Fsp3) is 0.625. The Morgan fingerprint density at radius 2 is 2.55 bits per heavy atom. The summed E-state index contributed by atoms with van der Waals surface area (Å²) in [6.07, 6.45) is 0.155. The van der Waals surface area contributed by atoms with Crippen molar-refractivity contribution in [2.24, 2.45) is 0 Å². The van der Waals surface area contributed by atoms with Crippen LogP contribution < -0.4 is 0 Å². The van der Waals surface area contributed by atoms with Crippen molar-refractivity contribution in [2.75, 3.05) is 13.1 Å². The number of hydrogen-bond donors (Lipinski definition) is 0. The highest BCUT2D eigenvalue weighted by atomic mass is 19.1. The molecular weight excluding hydrogens is 143 g/mol. The number of nitriles is 1. The van der Waals surface area contributed by atoms with E-state index >= 15 is 0 Å². The van der Waals surface area contributed by atoms with Crippen LogP contribution in [0.4, 0.5) is 4.39 Å². The van der Waals surface area contributed by atoms with E-state index in [-0.39, 0.29) is 0 Å². The molecule has 1 aliphatic rings. The van der Waals surface area contributed by atoms with Crippen LogP contribution in [0.1, 0.15) is 12.8 Å². The molecule has 0 spiro atoms. The van der Waals surface area contributed by atoms with E-state index in [4.69, 9.17) is 5.26 Å². The lowest BCUT2D eigenvalue weighted by Gasteiger charge is -2.17. The second kappa shape index (κ2) is 3.38. The van der Waals surface area contributed by atoms with E-state index in [1.807, 2.05) is 11.0 Å². The number of halogens is 1. The highest BCUT2D eigenvalue weighted by Crippen LogP contribution is 2.17. The van der Waals surface area contributed by atoms with Crippen molar-refractivity contribution in [3.63, 3.8) is 0 Å². The van der Waals surface area contributed by atoms with E-state index in [0.717, 1.165) is 5.70 Å². The predicted octanol–water partition coefficient (Wildman–Crippen LogP) is 1.46. The van der Waals surface area contributed by atoms with Crippen LogP contribution in [-0.4, -0.2) is 24.2 Å². The fourth-order valence-electron chi connectivity index (χ4n) is 1.21. The highest BCUT2D eigenvalue weighted by molar-refractivity contribution is 5.03. The molecule has 1 rings (SSSR count). The van der Waals surface area contributed by atoms with Gasteiger partial charge in [-0.2, -0.15) is 5.26 Å². The Balaban J connectivity index is 2.38. The quantitative estimate of drug-likeness (QED) is 0.602. The maximum atomic E-state index is 12.6. The van der Waals surface area contributed by atoms with Crippen LogP contribution in [-0.2, 0) is 0 Å². The Kier molecular flexibility index (Phi) is 2.48. The summed E-state index contributed by atoms with van der Waals surface area (Å²) in [5.74, 6) is 0. The molecule has 0 amide bonds. The van der Waals surface area contributed by atoms with Crippen LogP contribution in [0.15, 0.2) is 12.3 Å². The molecule has 0 aromatic heterocycles. The van der Waals surface area contributed by atoms with Gasteiger partial charge in [0.1, 0.15) is 6.17 Å². The molecule has 2 nitrogen and oxygen atoms in total. The minimum Gasteiger partial charge on any atom is -0.371 e. The molecule has 1 unspecified atom stereocenters. The van der Waals surface area contributed by atoms with Crippen molar-refractivity contribution >= 4 is 0 Å². The highest BCUT2D eigenvalue weighted by Gasteiger charge is 2.21. The van der Waals surface area contributed by atoms with Crippen LogP contribution in [0.3, 0.4) is 0 Å². The summed E-state index contributed by atoms with van der Waals surface area (Å²) in [7, 11) is 0. The van der Waals surface area contributed by atoms with E-state index in [0.29, 0.717) is 25.9 Å². The van der Waals surface area contributed by atoms with Gasteiger partial charge in [0.2, 0.25) is 0 Å². The zero-order valence-electron chi connectivity index (χ0n) is 6.39. The molecule has 0 aliphatic carbocycles. The lowest BCUT2D eigenvalue weighted by molar-refractivity contribution is 0.323. The zero-order valence-corrected chi connectivity index (χ0v) is 6.39. The summed E-state index contributed by atoms with van der Waals surface area (Å²) in [6.45, 7) is 4.82. The van der Waals surface area contributed by atoms with E-state index in [1.165, 1.54) is 0 Å². The van der Waals surface area contributed by atoms with E-state index in [9.17, 15) is 4.39 Å². The van der Waals surface area contributed by atoms with Gasteiger partial charge in [0.05, 0.1) is 12.5 Å². The molecule has 0 aromatic carbocycles. The smallest absolute Gasteiger partial charge is 0.119 e. The predicted molar refractivity (Wildman–Crippen MR) is 40.5 cm³/mol. The molecule has 1 heterocycles. The lowest BCUT2D eigenvalue weighted by Crippen LogP contribution is -2.19. The number of rotatable bonds is 2. The molecule has 0 radical (unpaired) electrons. The molecule has 0 aromatic rings. The second-order valence-electron chi connectivity index (χ2n) is 2.73. The van der Waals surface area contributed by atoms with Gasteiger partial charge in [0.25, 0.3) is 0 Å². The average molecular weight is 154 g/mol. The molecule has 1 saturated heterocycles. The third-order valence-electron chi connectivity index (χ3n) is 1.86. The van der Waals surface area contributed by atoms with Gasteiger partial charge in [0.15, 0.2) is 0 Å². The molecule has 0 bridgehead atoms. The molecular formula is C8H11FN2. The van der Waals surface area contributed by atoms with Gasteiger partial charge in [-0.25, -0.2) is 4.39 Å². The third-order valence-corrected chi connectivity index (χ3v) is 1.86.